The van der Waals surface area contributed by atoms with Crippen molar-refractivity contribution < 1.29 is 5.21 Å². The number of rotatable bonds is 1. The third-order valence-electron chi connectivity index (χ3n) is 1.75. The number of fused-ring (bicyclic) bond motifs is 1. The van der Waals surface area contributed by atoms with Gasteiger partial charge in [-0.15, -0.1) is 0 Å². The van der Waals surface area contributed by atoms with Gasteiger partial charge < -0.3 is 4.98 Å². The van der Waals surface area contributed by atoms with Gasteiger partial charge in [-0.3, -0.25) is 10.7 Å². The van der Waals surface area contributed by atoms with Crippen LogP contribution in [0.4, 0.5) is 5.69 Å². The van der Waals surface area contributed by atoms with Crippen LogP contribution in [0.25, 0.3) is 11.0 Å². The molecule has 0 aliphatic rings. The Kier molecular flexibility index (Phi) is 1.48. The van der Waals surface area contributed by atoms with Crippen LogP contribution in [0, 0.1) is 6.92 Å². The van der Waals surface area contributed by atoms with Crippen LogP contribution in [0.2, 0.25) is 0 Å². The number of benzene rings is 1. The molecule has 0 spiro atoms. The van der Waals surface area contributed by atoms with E-state index < -0.39 is 0 Å². The molecular formula is C8H9N3O. The molecule has 4 heteroatoms. The van der Waals surface area contributed by atoms with E-state index in [0.717, 1.165) is 16.9 Å². The fourth-order valence-corrected chi connectivity index (χ4v) is 1.25. The Labute approximate surface area is 69.2 Å². The molecule has 0 aliphatic carbocycles. The van der Waals surface area contributed by atoms with Crippen molar-refractivity contribution in [1.29, 1.82) is 0 Å². The van der Waals surface area contributed by atoms with Gasteiger partial charge >= 0.3 is 0 Å². The molecule has 0 saturated carbocycles. The third kappa shape index (κ3) is 0.931. The zero-order valence-electron chi connectivity index (χ0n) is 6.63. The molecule has 4 nitrogen and oxygen atoms in total. The summed E-state index contributed by atoms with van der Waals surface area (Å²) in [6, 6.07) is 5.53. The number of nitrogens with one attached hydrogen (secondary N) is 2. The topological polar surface area (TPSA) is 60.9 Å². The summed E-state index contributed by atoms with van der Waals surface area (Å²) in [5.74, 6) is 0.840. The van der Waals surface area contributed by atoms with Crippen molar-refractivity contribution >= 4 is 16.7 Å². The second kappa shape index (κ2) is 2.49. The predicted octanol–water partition coefficient (Wildman–Crippen LogP) is 1.67. The van der Waals surface area contributed by atoms with Crippen LogP contribution >= 0.6 is 0 Å². The van der Waals surface area contributed by atoms with Crippen LogP contribution in [0.1, 0.15) is 5.82 Å². The van der Waals surface area contributed by atoms with E-state index in [-0.39, 0.29) is 0 Å². The zero-order chi connectivity index (χ0) is 8.55. The molecule has 0 atom stereocenters. The summed E-state index contributed by atoms with van der Waals surface area (Å²) >= 11 is 0. The maximum atomic E-state index is 8.74. The molecule has 0 bridgehead atoms. The van der Waals surface area contributed by atoms with E-state index in [1.54, 1.807) is 6.07 Å². The summed E-state index contributed by atoms with van der Waals surface area (Å²) in [5.41, 5.74) is 4.41. The number of anilines is 1. The number of aromatic nitrogens is 2. The molecule has 0 unspecified atom stereocenters. The van der Waals surface area contributed by atoms with Crippen LogP contribution in [0.3, 0.4) is 0 Å². The first kappa shape index (κ1) is 7.12. The second-order valence-corrected chi connectivity index (χ2v) is 2.64. The molecule has 12 heavy (non-hydrogen) atoms. The molecule has 62 valence electrons. The van der Waals surface area contributed by atoms with Crippen LogP contribution in [-0.4, -0.2) is 15.2 Å². The van der Waals surface area contributed by atoms with Gasteiger partial charge in [-0.05, 0) is 19.1 Å². The van der Waals surface area contributed by atoms with Crippen LogP contribution in [-0.2, 0) is 0 Å². The quantitative estimate of drug-likeness (QED) is 0.560. The summed E-state index contributed by atoms with van der Waals surface area (Å²) in [5, 5.41) is 8.74. The fourth-order valence-electron chi connectivity index (χ4n) is 1.25. The Bertz CT molecular complexity index is 408. The number of para-hydroxylation sites is 1. The number of aromatic amines is 1. The number of nitrogens with zero attached hydrogens (tertiary/aromatic N) is 1. The van der Waals surface area contributed by atoms with Crippen molar-refractivity contribution in [3.05, 3.63) is 24.0 Å². The van der Waals surface area contributed by atoms with Crippen molar-refractivity contribution in [2.45, 2.75) is 6.92 Å². The minimum atomic E-state index is 0.622. The molecule has 2 aromatic rings. The molecule has 1 heterocycles. The largest absolute Gasteiger partial charge is 0.342 e. The first-order valence-electron chi connectivity index (χ1n) is 3.66. The standard InChI is InChI=1S/C8H9N3O/c1-5-9-6-3-2-4-7(11-12)8(6)10-5/h2-4,11-12H,1H3,(H,9,10). The monoisotopic (exact) mass is 163 g/mol. The van der Waals surface area contributed by atoms with Gasteiger partial charge in [0, 0.05) is 0 Å². The fraction of sp³-hybridized carbons (Fsp3) is 0.125. The summed E-state index contributed by atoms with van der Waals surface area (Å²) in [4.78, 5) is 7.28. The third-order valence-corrected chi connectivity index (χ3v) is 1.75. The first-order chi connectivity index (χ1) is 5.81. The van der Waals surface area contributed by atoms with Crippen LogP contribution in [0.15, 0.2) is 18.2 Å². The Morgan fingerprint density at radius 3 is 3.08 bits per heavy atom. The van der Waals surface area contributed by atoms with Crippen molar-refractivity contribution in [3.63, 3.8) is 0 Å². The first-order valence-corrected chi connectivity index (χ1v) is 3.66. The summed E-state index contributed by atoms with van der Waals surface area (Å²) in [7, 11) is 0. The Balaban J connectivity index is 2.78. The number of aryl methyl sites for hydroxylation is 1. The molecule has 0 saturated heterocycles. The van der Waals surface area contributed by atoms with E-state index in [1.807, 2.05) is 19.1 Å². The highest BCUT2D eigenvalue weighted by Gasteiger charge is 2.02. The molecule has 3 N–H and O–H groups in total. The number of H-pyrrole nitrogens is 1. The maximum absolute atomic E-state index is 8.74. The Hall–Kier alpha value is -1.55. The van der Waals surface area contributed by atoms with Gasteiger partial charge in [-0.25, -0.2) is 4.98 Å². The van der Waals surface area contributed by atoms with Gasteiger partial charge in [0.2, 0.25) is 0 Å². The Morgan fingerprint density at radius 2 is 2.33 bits per heavy atom. The van der Waals surface area contributed by atoms with Crippen molar-refractivity contribution in [2.24, 2.45) is 0 Å². The lowest BCUT2D eigenvalue weighted by atomic mass is 10.3. The van der Waals surface area contributed by atoms with E-state index in [2.05, 4.69) is 15.4 Å². The zero-order valence-corrected chi connectivity index (χ0v) is 6.63. The lowest BCUT2D eigenvalue weighted by Crippen LogP contribution is -1.89. The average Bonchev–Trinajstić information content (AvgIpc) is 2.44. The summed E-state index contributed by atoms with van der Waals surface area (Å²) < 4.78 is 0. The molecular weight excluding hydrogens is 154 g/mol. The van der Waals surface area contributed by atoms with Crippen molar-refractivity contribution in [2.75, 3.05) is 5.48 Å². The van der Waals surface area contributed by atoms with Crippen molar-refractivity contribution in [1.82, 2.24) is 9.97 Å². The number of hydrogen-bond donors (Lipinski definition) is 3. The Morgan fingerprint density at radius 1 is 1.50 bits per heavy atom. The van der Waals surface area contributed by atoms with E-state index in [0.29, 0.717) is 5.69 Å². The summed E-state index contributed by atoms with van der Waals surface area (Å²) in [6.45, 7) is 1.88. The average molecular weight is 163 g/mol. The highest BCUT2D eigenvalue weighted by Crippen LogP contribution is 2.19. The minimum Gasteiger partial charge on any atom is -0.342 e. The van der Waals surface area contributed by atoms with Gasteiger partial charge in [0.15, 0.2) is 0 Å². The predicted molar refractivity (Wildman–Crippen MR) is 46.2 cm³/mol. The second-order valence-electron chi connectivity index (χ2n) is 2.64. The highest BCUT2D eigenvalue weighted by atomic mass is 16.5. The van der Waals surface area contributed by atoms with Gasteiger partial charge in [0.1, 0.15) is 11.3 Å². The molecule has 0 fully saturated rings. The molecule has 0 aliphatic heterocycles. The summed E-state index contributed by atoms with van der Waals surface area (Å²) in [6.07, 6.45) is 0. The maximum Gasteiger partial charge on any atom is 0.114 e. The van der Waals surface area contributed by atoms with E-state index in [1.165, 1.54) is 0 Å². The normalized spacial score (nSPS) is 10.5. The molecule has 0 amide bonds. The van der Waals surface area contributed by atoms with E-state index >= 15 is 0 Å². The van der Waals surface area contributed by atoms with E-state index in [4.69, 9.17) is 5.21 Å². The lowest BCUT2D eigenvalue weighted by molar-refractivity contribution is 0.389. The lowest BCUT2D eigenvalue weighted by Gasteiger charge is -1.96. The van der Waals surface area contributed by atoms with Gasteiger partial charge in [0.25, 0.3) is 0 Å². The SMILES string of the molecule is Cc1nc2c(NO)cccc2[nH]1. The van der Waals surface area contributed by atoms with Crippen LogP contribution < -0.4 is 5.48 Å². The molecule has 2 rings (SSSR count). The van der Waals surface area contributed by atoms with Gasteiger partial charge in [0.05, 0.1) is 11.2 Å². The minimum absolute atomic E-state index is 0.622. The van der Waals surface area contributed by atoms with Gasteiger partial charge in [-0.1, -0.05) is 6.07 Å². The molecule has 1 aromatic heterocycles. The number of imidazole rings is 1. The van der Waals surface area contributed by atoms with Gasteiger partial charge in [-0.2, -0.15) is 0 Å². The highest BCUT2D eigenvalue weighted by molar-refractivity contribution is 5.87. The van der Waals surface area contributed by atoms with Crippen molar-refractivity contribution in [3.8, 4) is 0 Å². The molecule has 0 radical (unpaired) electrons. The van der Waals surface area contributed by atoms with E-state index in [9.17, 15) is 0 Å². The smallest absolute Gasteiger partial charge is 0.114 e. The molecule has 1 aromatic carbocycles. The van der Waals surface area contributed by atoms with Crippen LogP contribution in [0.5, 0.6) is 0 Å². The number of hydrogen-bond acceptors (Lipinski definition) is 3.